The molecular formula is C15H10F4N2O5. The number of halogens is 4. The fourth-order valence-electron chi connectivity index (χ4n) is 1.91. The van der Waals surface area contributed by atoms with Gasteiger partial charge in [0.05, 0.1) is 17.7 Å². The molecule has 0 heterocycles. The van der Waals surface area contributed by atoms with Gasteiger partial charge in [-0.3, -0.25) is 14.9 Å². The molecule has 2 aromatic carbocycles. The van der Waals surface area contributed by atoms with Gasteiger partial charge in [0.15, 0.2) is 24.0 Å². The van der Waals surface area contributed by atoms with Gasteiger partial charge in [-0.1, -0.05) is 0 Å². The minimum Gasteiger partial charge on any atom is -0.495 e. The first-order valence-electron chi connectivity index (χ1n) is 6.82. The van der Waals surface area contributed by atoms with Gasteiger partial charge in [-0.05, 0) is 6.07 Å². The van der Waals surface area contributed by atoms with E-state index in [9.17, 15) is 32.5 Å². The van der Waals surface area contributed by atoms with Crippen LogP contribution in [0.15, 0.2) is 24.3 Å². The van der Waals surface area contributed by atoms with Gasteiger partial charge in [-0.15, -0.1) is 0 Å². The zero-order valence-electron chi connectivity index (χ0n) is 13.0. The third kappa shape index (κ3) is 3.99. The van der Waals surface area contributed by atoms with Crippen LogP contribution in [-0.2, 0) is 4.79 Å². The molecule has 0 radical (unpaired) electrons. The smallest absolute Gasteiger partial charge is 0.271 e. The zero-order valence-corrected chi connectivity index (χ0v) is 13.0. The summed E-state index contributed by atoms with van der Waals surface area (Å²) in [4.78, 5) is 21.9. The average Bonchev–Trinajstić information content (AvgIpc) is 2.59. The third-order valence-electron chi connectivity index (χ3n) is 3.09. The van der Waals surface area contributed by atoms with Crippen LogP contribution < -0.4 is 14.8 Å². The third-order valence-corrected chi connectivity index (χ3v) is 3.09. The molecule has 1 amide bonds. The molecule has 0 aliphatic rings. The van der Waals surface area contributed by atoms with E-state index in [2.05, 4.69) is 10.1 Å². The molecule has 0 saturated heterocycles. The summed E-state index contributed by atoms with van der Waals surface area (Å²) in [6, 6.07) is 3.33. The first-order chi connectivity index (χ1) is 12.2. The molecule has 2 aromatic rings. The molecule has 0 unspecified atom stereocenters. The van der Waals surface area contributed by atoms with E-state index in [1.54, 1.807) is 0 Å². The predicted octanol–water partition coefficient (Wildman–Crippen LogP) is 3.18. The highest BCUT2D eigenvalue weighted by atomic mass is 19.2. The molecule has 0 fully saturated rings. The van der Waals surface area contributed by atoms with Gasteiger partial charge in [0.2, 0.25) is 11.6 Å². The number of carbonyl (C=O) groups is 1. The van der Waals surface area contributed by atoms with Gasteiger partial charge in [-0.2, -0.15) is 8.78 Å². The minimum atomic E-state index is -1.80. The van der Waals surface area contributed by atoms with Crippen molar-refractivity contribution >= 4 is 17.3 Å². The number of nitrogens with one attached hydrogen (secondary N) is 1. The minimum absolute atomic E-state index is 0.00837. The molecule has 1 N–H and O–H groups in total. The number of non-ortho nitro benzene ring substituents is 1. The fourth-order valence-corrected chi connectivity index (χ4v) is 1.91. The molecular weight excluding hydrogens is 364 g/mol. The summed E-state index contributed by atoms with van der Waals surface area (Å²) < 4.78 is 62.4. The number of nitrogens with zero attached hydrogens (tertiary/aromatic N) is 1. The van der Waals surface area contributed by atoms with Crippen molar-refractivity contribution in [1.29, 1.82) is 0 Å². The zero-order chi connectivity index (χ0) is 19.4. The van der Waals surface area contributed by atoms with Crippen molar-refractivity contribution in [3.05, 3.63) is 57.6 Å². The standard InChI is InChI=1S/C15H10F4N2O5/c1-25-11-3-2-7(21(23)24)4-10(11)20-12(22)6-26-15-13(18)8(16)5-9(17)14(15)19/h2-5H,6H2,1H3,(H,20,22). The van der Waals surface area contributed by atoms with Crippen molar-refractivity contribution < 1.29 is 36.8 Å². The van der Waals surface area contributed by atoms with Crippen molar-refractivity contribution in [3.8, 4) is 11.5 Å². The Balaban J connectivity index is 2.16. The molecule has 0 aliphatic carbocycles. The van der Waals surface area contributed by atoms with Gasteiger partial charge >= 0.3 is 0 Å². The predicted molar refractivity (Wildman–Crippen MR) is 80.0 cm³/mol. The fraction of sp³-hybridized carbons (Fsp3) is 0.133. The van der Waals surface area contributed by atoms with Crippen LogP contribution in [0.2, 0.25) is 0 Å². The highest BCUT2D eigenvalue weighted by Crippen LogP contribution is 2.29. The van der Waals surface area contributed by atoms with Crippen molar-refractivity contribution in [2.75, 3.05) is 19.0 Å². The number of hydrogen-bond donors (Lipinski definition) is 1. The number of methoxy groups -OCH3 is 1. The summed E-state index contributed by atoms with van der Waals surface area (Å²) in [5, 5.41) is 12.9. The second-order valence-corrected chi connectivity index (χ2v) is 4.78. The van der Waals surface area contributed by atoms with Crippen molar-refractivity contribution in [2.45, 2.75) is 0 Å². The van der Waals surface area contributed by atoms with E-state index in [-0.39, 0.29) is 23.2 Å². The lowest BCUT2D eigenvalue weighted by Crippen LogP contribution is -2.21. The van der Waals surface area contributed by atoms with Crippen molar-refractivity contribution in [1.82, 2.24) is 0 Å². The Morgan fingerprint density at radius 1 is 1.15 bits per heavy atom. The van der Waals surface area contributed by atoms with Crippen LogP contribution in [-0.4, -0.2) is 24.5 Å². The van der Waals surface area contributed by atoms with Crippen LogP contribution in [0.5, 0.6) is 11.5 Å². The topological polar surface area (TPSA) is 90.7 Å². The highest BCUT2D eigenvalue weighted by molar-refractivity contribution is 5.93. The van der Waals surface area contributed by atoms with Crippen molar-refractivity contribution in [2.24, 2.45) is 0 Å². The molecule has 2 rings (SSSR count). The summed E-state index contributed by atoms with van der Waals surface area (Å²) in [5.41, 5.74) is -0.465. The number of nitro benzene ring substituents is 1. The van der Waals surface area contributed by atoms with E-state index < -0.39 is 46.5 Å². The highest BCUT2D eigenvalue weighted by Gasteiger charge is 2.22. The van der Waals surface area contributed by atoms with E-state index in [1.807, 2.05) is 0 Å². The maximum atomic E-state index is 13.4. The molecule has 138 valence electrons. The van der Waals surface area contributed by atoms with E-state index in [0.29, 0.717) is 0 Å². The molecule has 0 saturated carbocycles. The quantitative estimate of drug-likeness (QED) is 0.363. The molecule has 0 bridgehead atoms. The lowest BCUT2D eigenvalue weighted by Gasteiger charge is -2.12. The number of amides is 1. The summed E-state index contributed by atoms with van der Waals surface area (Å²) in [7, 11) is 1.24. The van der Waals surface area contributed by atoms with Crippen LogP contribution in [0.4, 0.5) is 28.9 Å². The molecule has 11 heteroatoms. The van der Waals surface area contributed by atoms with Crippen molar-refractivity contribution in [3.63, 3.8) is 0 Å². The maximum absolute atomic E-state index is 13.4. The first kappa shape index (κ1) is 19.0. The van der Waals surface area contributed by atoms with Crippen LogP contribution in [0.3, 0.4) is 0 Å². The summed E-state index contributed by atoms with van der Waals surface area (Å²) in [6.07, 6.45) is 0. The van der Waals surface area contributed by atoms with Gasteiger partial charge in [-0.25, -0.2) is 8.78 Å². The molecule has 7 nitrogen and oxygen atoms in total. The number of carbonyl (C=O) groups excluding carboxylic acids is 1. The number of benzene rings is 2. The second-order valence-electron chi connectivity index (χ2n) is 4.78. The summed E-state index contributed by atoms with van der Waals surface area (Å²) in [6.45, 7) is -1.03. The Labute approximate surface area is 143 Å². The maximum Gasteiger partial charge on any atom is 0.271 e. The molecule has 0 atom stereocenters. The van der Waals surface area contributed by atoms with Gasteiger partial charge in [0, 0.05) is 18.2 Å². The van der Waals surface area contributed by atoms with Gasteiger partial charge in [0.25, 0.3) is 11.6 Å². The Morgan fingerprint density at radius 3 is 2.31 bits per heavy atom. The lowest BCUT2D eigenvalue weighted by molar-refractivity contribution is -0.384. The number of rotatable bonds is 6. The number of hydrogen-bond acceptors (Lipinski definition) is 5. The van der Waals surface area contributed by atoms with Crippen LogP contribution in [0, 0.1) is 33.4 Å². The molecule has 0 aliphatic heterocycles. The van der Waals surface area contributed by atoms with Crippen LogP contribution in [0.25, 0.3) is 0 Å². The lowest BCUT2D eigenvalue weighted by atomic mass is 10.2. The monoisotopic (exact) mass is 374 g/mol. The Morgan fingerprint density at radius 2 is 1.77 bits per heavy atom. The van der Waals surface area contributed by atoms with Gasteiger partial charge < -0.3 is 14.8 Å². The van der Waals surface area contributed by atoms with Gasteiger partial charge in [0.1, 0.15) is 5.75 Å². The Kier molecular flexibility index (Phi) is 5.60. The molecule has 0 aromatic heterocycles. The summed E-state index contributed by atoms with van der Waals surface area (Å²) in [5.74, 6) is -9.33. The summed E-state index contributed by atoms with van der Waals surface area (Å²) >= 11 is 0. The Bertz CT molecular complexity index is 849. The first-order valence-corrected chi connectivity index (χ1v) is 6.82. The Hall–Kier alpha value is -3.37. The van der Waals surface area contributed by atoms with E-state index >= 15 is 0 Å². The largest absolute Gasteiger partial charge is 0.495 e. The normalized spacial score (nSPS) is 10.3. The van der Waals surface area contributed by atoms with E-state index in [4.69, 9.17) is 4.74 Å². The van der Waals surface area contributed by atoms with E-state index in [0.717, 1.165) is 12.1 Å². The average molecular weight is 374 g/mol. The number of ether oxygens (including phenoxy) is 2. The second kappa shape index (κ2) is 7.68. The molecule has 0 spiro atoms. The van der Waals surface area contributed by atoms with Crippen LogP contribution in [0.1, 0.15) is 0 Å². The SMILES string of the molecule is COc1ccc([N+](=O)[O-])cc1NC(=O)COc1c(F)c(F)cc(F)c1F. The number of nitro groups is 1. The molecule has 26 heavy (non-hydrogen) atoms. The van der Waals surface area contributed by atoms with Crippen LogP contribution >= 0.6 is 0 Å². The number of anilines is 1. The van der Waals surface area contributed by atoms with E-state index in [1.165, 1.54) is 13.2 Å².